The quantitative estimate of drug-likeness (QED) is 0.499. The van der Waals surface area contributed by atoms with Gasteiger partial charge in [0.25, 0.3) is 0 Å². The van der Waals surface area contributed by atoms with Gasteiger partial charge in [-0.1, -0.05) is 5.21 Å². The predicted molar refractivity (Wildman–Crippen MR) is 64.5 cm³/mol. The summed E-state index contributed by atoms with van der Waals surface area (Å²) in [7, 11) is 0. The molecule has 0 aromatic carbocycles. The fourth-order valence-corrected chi connectivity index (χ4v) is 1.25. The van der Waals surface area contributed by atoms with Gasteiger partial charge < -0.3 is 20.5 Å². The lowest BCUT2D eigenvalue weighted by Gasteiger charge is -2.07. The second-order valence-corrected chi connectivity index (χ2v) is 3.65. The maximum absolute atomic E-state index is 11.3. The van der Waals surface area contributed by atoms with Gasteiger partial charge in [0.1, 0.15) is 6.61 Å². The van der Waals surface area contributed by atoms with Crippen molar-refractivity contribution in [3.05, 3.63) is 12.4 Å². The number of rotatable bonds is 9. The lowest BCUT2D eigenvalue weighted by atomic mass is 10.4. The molecule has 0 aliphatic heterocycles. The number of nitrogens with one attached hydrogen (secondary N) is 2. The molecule has 0 atom stereocenters. The number of nitrogens with zero attached hydrogens (tertiary/aromatic N) is 3. The lowest BCUT2D eigenvalue weighted by Crippen LogP contribution is -2.38. The van der Waals surface area contributed by atoms with E-state index in [0.29, 0.717) is 13.1 Å². The van der Waals surface area contributed by atoms with Crippen molar-refractivity contribution in [2.45, 2.75) is 13.0 Å². The van der Waals surface area contributed by atoms with Crippen molar-refractivity contribution in [2.24, 2.45) is 0 Å². The Morgan fingerprint density at radius 1 is 1.32 bits per heavy atom. The van der Waals surface area contributed by atoms with Gasteiger partial charge in [-0.2, -0.15) is 0 Å². The number of amides is 2. The van der Waals surface area contributed by atoms with Crippen LogP contribution in [0.4, 0.5) is 4.79 Å². The van der Waals surface area contributed by atoms with Gasteiger partial charge in [0.05, 0.1) is 12.8 Å². The largest absolute Gasteiger partial charge is 0.480 e. The molecule has 0 fully saturated rings. The first-order chi connectivity index (χ1) is 9.18. The fraction of sp³-hybridized carbons (Fsp3) is 0.600. The Kier molecular flexibility index (Phi) is 6.95. The van der Waals surface area contributed by atoms with E-state index in [0.717, 1.165) is 6.42 Å². The zero-order valence-electron chi connectivity index (χ0n) is 10.4. The van der Waals surface area contributed by atoms with Gasteiger partial charge in [0, 0.05) is 25.8 Å². The molecule has 0 aliphatic carbocycles. The van der Waals surface area contributed by atoms with Crippen molar-refractivity contribution in [3.63, 3.8) is 0 Å². The van der Waals surface area contributed by atoms with Gasteiger partial charge in [-0.25, -0.2) is 9.59 Å². The number of carboxylic acid groups (broad SMARTS) is 1. The van der Waals surface area contributed by atoms with Crippen molar-refractivity contribution < 1.29 is 19.4 Å². The number of hydrogen-bond acceptors (Lipinski definition) is 5. The summed E-state index contributed by atoms with van der Waals surface area (Å²) < 4.78 is 6.44. The van der Waals surface area contributed by atoms with E-state index in [1.165, 1.54) is 0 Å². The smallest absolute Gasteiger partial charge is 0.329 e. The summed E-state index contributed by atoms with van der Waals surface area (Å²) in [6.45, 7) is 1.27. The number of carboxylic acids is 1. The number of carbonyl (C=O) groups excluding carboxylic acids is 1. The van der Waals surface area contributed by atoms with Crippen molar-refractivity contribution in [1.29, 1.82) is 0 Å². The van der Waals surface area contributed by atoms with E-state index in [2.05, 4.69) is 20.9 Å². The van der Waals surface area contributed by atoms with Crippen LogP contribution >= 0.6 is 0 Å². The summed E-state index contributed by atoms with van der Waals surface area (Å²) >= 11 is 0. The number of carbonyl (C=O) groups is 2. The number of urea groups is 1. The molecule has 1 aromatic heterocycles. The third-order valence-electron chi connectivity index (χ3n) is 2.08. The molecule has 19 heavy (non-hydrogen) atoms. The summed E-state index contributed by atoms with van der Waals surface area (Å²) in [5.74, 6) is -1.03. The van der Waals surface area contributed by atoms with E-state index in [-0.39, 0.29) is 25.8 Å². The highest BCUT2D eigenvalue weighted by Gasteiger charge is 2.00. The molecule has 1 rings (SSSR count). The molecule has 106 valence electrons. The fourth-order valence-electron chi connectivity index (χ4n) is 1.25. The van der Waals surface area contributed by atoms with Crippen LogP contribution in [-0.2, 0) is 16.1 Å². The second kappa shape index (κ2) is 8.86. The first kappa shape index (κ1) is 14.9. The van der Waals surface area contributed by atoms with Gasteiger partial charge in [-0.3, -0.25) is 4.68 Å². The molecule has 9 heteroatoms. The highest BCUT2D eigenvalue weighted by molar-refractivity contribution is 5.73. The van der Waals surface area contributed by atoms with Gasteiger partial charge in [0.15, 0.2) is 0 Å². The first-order valence-electron chi connectivity index (χ1n) is 5.84. The molecule has 0 aliphatic rings. The van der Waals surface area contributed by atoms with Crippen LogP contribution in [0.25, 0.3) is 0 Å². The predicted octanol–water partition coefficient (Wildman–Crippen LogP) is -0.931. The Morgan fingerprint density at radius 2 is 2.11 bits per heavy atom. The van der Waals surface area contributed by atoms with Crippen LogP contribution in [0.3, 0.4) is 0 Å². The van der Waals surface area contributed by atoms with Gasteiger partial charge in [-0.15, -0.1) is 5.10 Å². The molecule has 2 amide bonds. The summed E-state index contributed by atoms with van der Waals surface area (Å²) in [5.41, 5.74) is 0. The van der Waals surface area contributed by atoms with E-state index >= 15 is 0 Å². The van der Waals surface area contributed by atoms with Crippen molar-refractivity contribution in [3.8, 4) is 0 Å². The highest BCUT2D eigenvalue weighted by Crippen LogP contribution is 1.85. The second-order valence-electron chi connectivity index (χ2n) is 3.65. The number of hydrogen-bond donors (Lipinski definition) is 3. The Hall–Kier alpha value is -2.16. The van der Waals surface area contributed by atoms with Crippen LogP contribution in [0.5, 0.6) is 0 Å². The van der Waals surface area contributed by atoms with Crippen LogP contribution in [0.1, 0.15) is 6.42 Å². The first-order valence-corrected chi connectivity index (χ1v) is 5.84. The van der Waals surface area contributed by atoms with Gasteiger partial charge in [0.2, 0.25) is 0 Å². The average molecular weight is 271 g/mol. The lowest BCUT2D eigenvalue weighted by molar-refractivity contribution is -0.142. The van der Waals surface area contributed by atoms with Crippen LogP contribution in [0, 0.1) is 0 Å². The number of ether oxygens (including phenoxy) is 1. The van der Waals surface area contributed by atoms with E-state index in [9.17, 15) is 9.59 Å². The highest BCUT2D eigenvalue weighted by atomic mass is 16.5. The summed E-state index contributed by atoms with van der Waals surface area (Å²) in [5, 5.41) is 21.0. The number of aliphatic carboxylic acids is 1. The Balaban J connectivity index is 1.92. The molecule has 0 saturated carbocycles. The molecule has 3 N–H and O–H groups in total. The third-order valence-corrected chi connectivity index (χ3v) is 2.08. The Morgan fingerprint density at radius 3 is 2.79 bits per heavy atom. The number of aromatic nitrogens is 3. The molecule has 0 spiro atoms. The molecule has 1 heterocycles. The summed E-state index contributed by atoms with van der Waals surface area (Å²) in [6, 6.07) is -0.308. The minimum atomic E-state index is -1.03. The summed E-state index contributed by atoms with van der Waals surface area (Å²) in [4.78, 5) is 21.4. The van der Waals surface area contributed by atoms with Crippen molar-refractivity contribution in [2.75, 3.05) is 26.3 Å². The SMILES string of the molecule is O=C(O)COCCNC(=O)NCCCn1ccnn1. The monoisotopic (exact) mass is 271 g/mol. The minimum absolute atomic E-state index is 0.165. The van der Waals surface area contributed by atoms with Crippen molar-refractivity contribution in [1.82, 2.24) is 25.6 Å². The van der Waals surface area contributed by atoms with Gasteiger partial charge in [-0.05, 0) is 6.42 Å². The van der Waals surface area contributed by atoms with Gasteiger partial charge >= 0.3 is 12.0 Å². The van der Waals surface area contributed by atoms with E-state index in [1.54, 1.807) is 17.1 Å². The molecule has 9 nitrogen and oxygen atoms in total. The standard InChI is InChI=1S/C10H17N5O4/c16-9(17)8-19-7-4-12-10(18)11-2-1-5-15-6-3-13-14-15/h3,6H,1-2,4-5,7-8H2,(H,16,17)(H2,11,12,18). The molecule has 1 aromatic rings. The average Bonchev–Trinajstić information content (AvgIpc) is 2.87. The zero-order valence-corrected chi connectivity index (χ0v) is 10.4. The maximum Gasteiger partial charge on any atom is 0.329 e. The molecular formula is C10H17N5O4. The Labute approximate surface area is 109 Å². The van der Waals surface area contributed by atoms with E-state index < -0.39 is 5.97 Å². The Bertz CT molecular complexity index is 381. The number of aryl methyl sites for hydroxylation is 1. The zero-order chi connectivity index (χ0) is 13.9. The van der Waals surface area contributed by atoms with E-state index in [4.69, 9.17) is 9.84 Å². The molecule has 0 bridgehead atoms. The molecule has 0 radical (unpaired) electrons. The van der Waals surface area contributed by atoms with E-state index in [1.807, 2.05) is 0 Å². The molecule has 0 unspecified atom stereocenters. The third kappa shape index (κ3) is 7.71. The minimum Gasteiger partial charge on any atom is -0.480 e. The molecule has 0 saturated heterocycles. The van der Waals surface area contributed by atoms with Crippen LogP contribution in [0.15, 0.2) is 12.4 Å². The van der Waals surface area contributed by atoms with Crippen LogP contribution in [0.2, 0.25) is 0 Å². The summed E-state index contributed by atoms with van der Waals surface area (Å²) in [6.07, 6.45) is 4.09. The van der Waals surface area contributed by atoms with Crippen LogP contribution in [-0.4, -0.2) is 58.4 Å². The topological polar surface area (TPSA) is 118 Å². The maximum atomic E-state index is 11.3. The molecular weight excluding hydrogens is 254 g/mol. The van der Waals surface area contributed by atoms with Crippen molar-refractivity contribution >= 4 is 12.0 Å². The normalized spacial score (nSPS) is 10.1. The van der Waals surface area contributed by atoms with Crippen LogP contribution < -0.4 is 10.6 Å².